The van der Waals surface area contributed by atoms with Gasteiger partial charge in [0.15, 0.2) is 0 Å². The Labute approximate surface area is 70.3 Å². The Kier molecular flexibility index (Phi) is 9.82. The summed E-state index contributed by atoms with van der Waals surface area (Å²) < 4.78 is 0. The molecule has 0 bridgehead atoms. The summed E-state index contributed by atoms with van der Waals surface area (Å²) in [6.45, 7) is 0. The van der Waals surface area contributed by atoms with Gasteiger partial charge in [-0.25, -0.2) is 0 Å². The molecule has 0 aliphatic rings. The Hall–Kier alpha value is 0.136. The average molecular weight is 139 g/mol. The fraction of sp³-hybridized carbons (Fsp3) is 0. The van der Waals surface area contributed by atoms with Crippen LogP contribution in [0.4, 0.5) is 0 Å². The van der Waals surface area contributed by atoms with Crippen LogP contribution in [0, 0.1) is 6.20 Å². The Balaban J connectivity index is 0. The largest absolute Gasteiger partial charge is 2.00 e. The number of hydrogen-bond acceptors (Lipinski definition) is 2. The quantitative estimate of drug-likeness (QED) is 0.281. The van der Waals surface area contributed by atoms with Gasteiger partial charge in [-0.15, -0.1) is 6.07 Å². The zero-order valence-electron chi connectivity index (χ0n) is 4.21. The van der Waals surface area contributed by atoms with E-state index in [1.54, 1.807) is 12.3 Å². The number of hydrogen-bond donors (Lipinski definition) is 0. The van der Waals surface area contributed by atoms with Crippen molar-refractivity contribution in [2.24, 2.45) is 0 Å². The molecule has 1 rings (SSSR count). The molecule has 4 heteroatoms. The summed E-state index contributed by atoms with van der Waals surface area (Å²) >= 11 is 0. The van der Waals surface area contributed by atoms with Crippen LogP contribution in [0.5, 0.6) is 0 Å². The van der Waals surface area contributed by atoms with E-state index in [9.17, 15) is 0 Å². The van der Waals surface area contributed by atoms with Crippen molar-refractivity contribution in [2.45, 2.75) is 0 Å². The Morgan fingerprint density at radius 1 is 1.38 bits per heavy atom. The van der Waals surface area contributed by atoms with Gasteiger partial charge in [0, 0.05) is 0 Å². The molecule has 0 aliphatic heterocycles. The standard InChI is InChI=1S/C4H3N2.ClH.Mg/c1-2-5-4-6-3-1;;/h1-2,4H;1H;/q-1;;+2/p-1. The normalized spacial score (nSPS) is 6.00. The number of halogens is 1. The van der Waals surface area contributed by atoms with Gasteiger partial charge in [-0.1, -0.05) is 12.4 Å². The summed E-state index contributed by atoms with van der Waals surface area (Å²) in [5.41, 5.74) is 0. The Bertz CT molecular complexity index is 86.0. The summed E-state index contributed by atoms with van der Waals surface area (Å²) in [4.78, 5) is 7.19. The third kappa shape index (κ3) is 4.30. The first-order chi connectivity index (χ1) is 3.00. The van der Waals surface area contributed by atoms with Crippen molar-refractivity contribution in [1.82, 2.24) is 9.97 Å². The van der Waals surface area contributed by atoms with Crippen LogP contribution < -0.4 is 12.4 Å². The summed E-state index contributed by atoms with van der Waals surface area (Å²) in [5, 5.41) is 0. The third-order valence-corrected chi connectivity index (χ3v) is 0.434. The molecule has 0 amide bonds. The van der Waals surface area contributed by atoms with E-state index in [0.29, 0.717) is 0 Å². The van der Waals surface area contributed by atoms with E-state index in [4.69, 9.17) is 0 Å². The molecule has 2 nitrogen and oxygen atoms in total. The van der Waals surface area contributed by atoms with Crippen molar-refractivity contribution in [2.75, 3.05) is 0 Å². The monoisotopic (exact) mass is 138 g/mol. The van der Waals surface area contributed by atoms with E-state index in [-0.39, 0.29) is 35.5 Å². The van der Waals surface area contributed by atoms with Gasteiger partial charge in [0.1, 0.15) is 0 Å². The third-order valence-electron chi connectivity index (χ3n) is 0.434. The molecule has 1 heterocycles. The van der Waals surface area contributed by atoms with Crippen LogP contribution >= 0.6 is 0 Å². The smallest absolute Gasteiger partial charge is 1.00 e. The van der Waals surface area contributed by atoms with Gasteiger partial charge in [0.25, 0.3) is 0 Å². The van der Waals surface area contributed by atoms with Crippen molar-refractivity contribution in [3.05, 3.63) is 24.8 Å². The molecular formula is C4H3ClMgN2. The predicted octanol–water partition coefficient (Wildman–Crippen LogP) is -3.10. The van der Waals surface area contributed by atoms with E-state index in [2.05, 4.69) is 16.2 Å². The van der Waals surface area contributed by atoms with Gasteiger partial charge in [-0.2, -0.15) is 0 Å². The van der Waals surface area contributed by atoms with Gasteiger partial charge in [-0.3, -0.25) is 0 Å². The van der Waals surface area contributed by atoms with Crippen LogP contribution in [0.25, 0.3) is 0 Å². The van der Waals surface area contributed by atoms with Crippen molar-refractivity contribution in [1.29, 1.82) is 0 Å². The molecular weight excluding hydrogens is 136 g/mol. The van der Waals surface area contributed by atoms with Gasteiger partial charge in [0.05, 0.1) is 0 Å². The second-order valence-electron chi connectivity index (χ2n) is 0.838. The molecule has 0 saturated carbocycles. The first-order valence-corrected chi connectivity index (χ1v) is 1.62. The Morgan fingerprint density at radius 3 is 2.25 bits per heavy atom. The van der Waals surface area contributed by atoms with Crippen molar-refractivity contribution in [3.63, 3.8) is 0 Å². The molecule has 0 unspecified atom stereocenters. The SMILES string of the molecule is [Cl-].[Mg+2].[c-]1ccncn1. The maximum absolute atomic E-state index is 3.64. The average Bonchev–Trinajstić information content (AvgIpc) is 1.72. The molecule has 8 heavy (non-hydrogen) atoms. The maximum atomic E-state index is 3.64. The van der Waals surface area contributed by atoms with Gasteiger partial charge in [-0.05, 0) is 6.33 Å². The first kappa shape index (κ1) is 11.0. The molecule has 0 aromatic carbocycles. The van der Waals surface area contributed by atoms with Crippen molar-refractivity contribution < 1.29 is 12.4 Å². The van der Waals surface area contributed by atoms with Crippen molar-refractivity contribution >= 4 is 23.1 Å². The van der Waals surface area contributed by atoms with Crippen LogP contribution in [0.1, 0.15) is 0 Å². The van der Waals surface area contributed by atoms with E-state index < -0.39 is 0 Å². The fourth-order valence-corrected chi connectivity index (χ4v) is 0.225. The van der Waals surface area contributed by atoms with Crippen LogP contribution in [0.3, 0.4) is 0 Å². The van der Waals surface area contributed by atoms with E-state index >= 15 is 0 Å². The van der Waals surface area contributed by atoms with E-state index in [1.807, 2.05) is 0 Å². The summed E-state index contributed by atoms with van der Waals surface area (Å²) in [6, 6.07) is 1.65. The predicted molar refractivity (Wildman–Crippen MR) is 26.6 cm³/mol. The van der Waals surface area contributed by atoms with Crippen LogP contribution in [0.15, 0.2) is 18.6 Å². The van der Waals surface area contributed by atoms with Crippen molar-refractivity contribution in [3.8, 4) is 0 Å². The van der Waals surface area contributed by atoms with Gasteiger partial charge >= 0.3 is 23.1 Å². The topological polar surface area (TPSA) is 25.8 Å². The number of nitrogens with zero attached hydrogens (tertiary/aromatic N) is 2. The fourth-order valence-electron chi connectivity index (χ4n) is 0.225. The molecule has 1 aromatic rings. The number of aromatic nitrogens is 2. The number of rotatable bonds is 0. The molecule has 0 aliphatic carbocycles. The minimum absolute atomic E-state index is 0. The Morgan fingerprint density at radius 2 is 2.12 bits per heavy atom. The summed E-state index contributed by atoms with van der Waals surface area (Å²) in [6.07, 6.45) is 5.66. The van der Waals surface area contributed by atoms with Crippen LogP contribution in [0.2, 0.25) is 0 Å². The summed E-state index contributed by atoms with van der Waals surface area (Å²) in [7, 11) is 0. The molecule has 0 spiro atoms. The molecule has 0 fully saturated rings. The molecule has 0 atom stereocenters. The zero-order valence-corrected chi connectivity index (χ0v) is 6.38. The maximum Gasteiger partial charge on any atom is 2.00 e. The van der Waals surface area contributed by atoms with Gasteiger partial charge in [0.2, 0.25) is 0 Å². The molecule has 1 aromatic heterocycles. The minimum Gasteiger partial charge on any atom is -1.00 e. The minimum atomic E-state index is 0. The second-order valence-corrected chi connectivity index (χ2v) is 0.838. The van der Waals surface area contributed by atoms with Crippen LogP contribution in [-0.2, 0) is 0 Å². The first-order valence-electron chi connectivity index (χ1n) is 1.62. The molecule has 0 radical (unpaired) electrons. The molecule has 38 valence electrons. The molecule has 0 N–H and O–H groups in total. The van der Waals surface area contributed by atoms with Crippen LogP contribution in [-0.4, -0.2) is 33.0 Å². The summed E-state index contributed by atoms with van der Waals surface area (Å²) in [5.74, 6) is 0. The van der Waals surface area contributed by atoms with Gasteiger partial charge < -0.3 is 22.4 Å². The second kappa shape index (κ2) is 7.14. The molecule has 0 saturated heterocycles. The zero-order chi connectivity index (χ0) is 4.24. The van der Waals surface area contributed by atoms with E-state index in [0.717, 1.165) is 0 Å². The van der Waals surface area contributed by atoms with E-state index in [1.165, 1.54) is 6.33 Å².